The minimum atomic E-state index is -2.61. The summed E-state index contributed by atoms with van der Waals surface area (Å²) in [6, 6.07) is 0. The van der Waals surface area contributed by atoms with E-state index in [0.717, 1.165) is 19.3 Å². The van der Waals surface area contributed by atoms with Gasteiger partial charge in [-0.15, -0.1) is 0 Å². The Balaban J connectivity index is 3.86. The van der Waals surface area contributed by atoms with Gasteiger partial charge in [-0.3, -0.25) is 9.59 Å². The van der Waals surface area contributed by atoms with Crippen LogP contribution in [0.1, 0.15) is 108 Å². The minimum Gasteiger partial charge on any atom is -0.369 e. The second kappa shape index (κ2) is 18.7. The van der Waals surface area contributed by atoms with Crippen molar-refractivity contribution in [3.8, 4) is 0 Å². The molecule has 0 aromatic carbocycles. The molecule has 0 saturated carbocycles. The third-order valence-electron chi connectivity index (χ3n) is 4.55. The van der Waals surface area contributed by atoms with Gasteiger partial charge in [-0.1, -0.05) is 70.4 Å². The molecule has 5 heteroatoms. The number of amides is 1. The van der Waals surface area contributed by atoms with Crippen LogP contribution in [-0.4, -0.2) is 36.1 Å². The summed E-state index contributed by atoms with van der Waals surface area (Å²) in [5.74, 6) is -1.26. The average Bonchev–Trinajstić information content (AvgIpc) is 2.68. The Kier molecular flexibility index (Phi) is 14.1. The summed E-state index contributed by atoms with van der Waals surface area (Å²) in [5.41, 5.74) is 5.64. The monoisotopic (exact) mass is 396 g/mol. The number of Topliss-reactive ketones (excluding diaryl/α,β-unsaturated/α-hetero) is 1. The highest BCUT2D eigenvalue weighted by Crippen LogP contribution is 2.11. The van der Waals surface area contributed by atoms with Gasteiger partial charge < -0.3 is 10.6 Å². The van der Waals surface area contributed by atoms with Crippen molar-refractivity contribution in [3.63, 3.8) is 0 Å². The summed E-state index contributed by atoms with van der Waals surface area (Å²) in [4.78, 5) is 27.5. The van der Waals surface area contributed by atoms with Crippen LogP contribution in [0.3, 0.4) is 0 Å². The number of carbonyl (C=O) groups excluding carboxylic acids is 2. The van der Waals surface area contributed by atoms with Crippen molar-refractivity contribution < 1.29 is 13.7 Å². The van der Waals surface area contributed by atoms with Crippen molar-refractivity contribution in [1.82, 2.24) is 4.90 Å². The standard InChI is InChI=1S/C23H43N3O2/c1-4-5-6-7-8-9-10-11-12-13-14-15-16-17-18-19-22(28)25-23(24)26(3)20-21(2)27/h14-15H,4-13,16-20H2,1-3H3,(H2,24,25,28)/b15-14-/i3D3. The maximum absolute atomic E-state index is 11.9. The number of likely N-dealkylation sites (N-methyl/N-ethyl adjacent to an activating group) is 1. The van der Waals surface area contributed by atoms with Crippen molar-refractivity contribution >= 4 is 17.6 Å². The fourth-order valence-electron chi connectivity index (χ4n) is 2.89. The lowest BCUT2D eigenvalue weighted by atomic mass is 10.1. The van der Waals surface area contributed by atoms with E-state index in [1.165, 1.54) is 64.7 Å². The van der Waals surface area contributed by atoms with Crippen LogP contribution >= 0.6 is 0 Å². The van der Waals surface area contributed by atoms with E-state index in [4.69, 9.17) is 9.85 Å². The molecular formula is C23H43N3O2. The first-order valence-electron chi connectivity index (χ1n) is 12.5. The lowest BCUT2D eigenvalue weighted by Gasteiger charge is -2.15. The van der Waals surface area contributed by atoms with E-state index in [1.807, 2.05) is 0 Å². The fourth-order valence-corrected chi connectivity index (χ4v) is 2.89. The molecule has 0 bridgehead atoms. The van der Waals surface area contributed by atoms with Gasteiger partial charge in [0, 0.05) is 17.5 Å². The molecule has 0 aromatic rings. The molecule has 0 heterocycles. The highest BCUT2D eigenvalue weighted by atomic mass is 16.1. The molecule has 0 spiro atoms. The lowest BCUT2D eigenvalue weighted by molar-refractivity contribution is -0.119. The molecule has 1 amide bonds. The molecule has 0 aliphatic rings. The molecular weight excluding hydrogens is 350 g/mol. The number of aliphatic imine (C=N–C) groups is 1. The molecule has 5 nitrogen and oxygen atoms in total. The zero-order valence-corrected chi connectivity index (χ0v) is 18.0. The van der Waals surface area contributed by atoms with Gasteiger partial charge >= 0.3 is 0 Å². The summed E-state index contributed by atoms with van der Waals surface area (Å²) in [6.45, 7) is 0.494. The number of unbranched alkanes of at least 4 members (excludes halogenated alkanes) is 11. The number of nitrogens with zero attached hydrogens (tertiary/aromatic N) is 2. The van der Waals surface area contributed by atoms with Crippen LogP contribution in [0.25, 0.3) is 0 Å². The van der Waals surface area contributed by atoms with Crippen LogP contribution in [-0.2, 0) is 9.59 Å². The van der Waals surface area contributed by atoms with E-state index in [-0.39, 0.29) is 12.2 Å². The maximum atomic E-state index is 11.9. The van der Waals surface area contributed by atoms with Crippen molar-refractivity contribution in [3.05, 3.63) is 12.2 Å². The molecule has 0 saturated heterocycles. The van der Waals surface area contributed by atoms with Crippen molar-refractivity contribution in [2.75, 3.05) is 13.5 Å². The molecule has 0 aliphatic carbocycles. The molecule has 0 radical (unpaired) electrons. The molecule has 2 N–H and O–H groups in total. The number of allylic oxidation sites excluding steroid dienone is 2. The first-order valence-corrected chi connectivity index (χ1v) is 11.0. The maximum Gasteiger partial charge on any atom is 0.248 e. The van der Waals surface area contributed by atoms with Crippen LogP contribution in [0, 0.1) is 0 Å². The van der Waals surface area contributed by atoms with Crippen molar-refractivity contribution in [1.29, 1.82) is 0 Å². The molecule has 0 rings (SSSR count). The van der Waals surface area contributed by atoms with Crippen molar-refractivity contribution in [2.45, 2.75) is 104 Å². The van der Waals surface area contributed by atoms with Crippen LogP contribution in [0.15, 0.2) is 17.1 Å². The van der Waals surface area contributed by atoms with Gasteiger partial charge in [0.2, 0.25) is 5.91 Å². The van der Waals surface area contributed by atoms with Gasteiger partial charge in [0.1, 0.15) is 5.78 Å². The molecule has 0 aliphatic heterocycles. The third-order valence-corrected chi connectivity index (χ3v) is 4.55. The number of ketones is 1. The Bertz CT molecular complexity index is 561. The predicted octanol–water partition coefficient (Wildman–Crippen LogP) is 5.39. The third kappa shape index (κ3) is 17.7. The highest BCUT2D eigenvalue weighted by molar-refractivity contribution is 5.93. The SMILES string of the molecule is [2H]C([2H])([2H])N(CC(C)=O)C(N)=NC(=O)CCCC/C=C\CCCCCCCCCCC. The number of hydrogen-bond acceptors (Lipinski definition) is 2. The normalized spacial score (nSPS) is 13.9. The fraction of sp³-hybridized carbons (Fsp3) is 0.783. The summed E-state index contributed by atoms with van der Waals surface area (Å²) in [6.07, 6.45) is 20.2. The van der Waals surface area contributed by atoms with Gasteiger partial charge in [0.25, 0.3) is 0 Å². The molecule has 28 heavy (non-hydrogen) atoms. The Hall–Kier alpha value is -1.65. The van der Waals surface area contributed by atoms with Gasteiger partial charge in [-0.2, -0.15) is 4.99 Å². The number of guanidine groups is 1. The number of rotatable bonds is 17. The zero-order chi connectivity index (χ0) is 23.5. The first-order chi connectivity index (χ1) is 14.7. The van der Waals surface area contributed by atoms with Gasteiger partial charge in [0.15, 0.2) is 5.96 Å². The largest absolute Gasteiger partial charge is 0.369 e. The zero-order valence-electron chi connectivity index (χ0n) is 21.0. The van der Waals surface area contributed by atoms with Gasteiger partial charge in [-0.25, -0.2) is 0 Å². The lowest BCUT2D eigenvalue weighted by Crippen LogP contribution is -2.37. The number of carbonyl (C=O) groups is 2. The molecule has 0 unspecified atom stereocenters. The number of hydrogen-bond donors (Lipinski definition) is 1. The van der Waals surface area contributed by atoms with E-state index in [1.54, 1.807) is 0 Å². The van der Waals surface area contributed by atoms with Crippen LogP contribution in [0.4, 0.5) is 0 Å². The van der Waals surface area contributed by atoms with Crippen molar-refractivity contribution in [2.24, 2.45) is 10.7 Å². The Morgan fingerprint density at radius 3 is 2.00 bits per heavy atom. The Labute approximate surface area is 177 Å². The van der Waals surface area contributed by atoms with Crippen LogP contribution < -0.4 is 5.73 Å². The van der Waals surface area contributed by atoms with E-state index in [2.05, 4.69) is 24.1 Å². The Morgan fingerprint density at radius 1 is 0.929 bits per heavy atom. The van der Waals surface area contributed by atoms with E-state index >= 15 is 0 Å². The Morgan fingerprint density at radius 2 is 1.46 bits per heavy atom. The average molecular weight is 397 g/mol. The molecule has 0 aromatic heterocycles. The van der Waals surface area contributed by atoms with E-state index in [9.17, 15) is 9.59 Å². The highest BCUT2D eigenvalue weighted by Gasteiger charge is 2.07. The van der Waals surface area contributed by atoms with E-state index in [0.29, 0.717) is 11.3 Å². The quantitative estimate of drug-likeness (QED) is 0.155. The smallest absolute Gasteiger partial charge is 0.248 e. The first kappa shape index (κ1) is 21.1. The molecule has 0 atom stereocenters. The van der Waals surface area contributed by atoms with E-state index < -0.39 is 25.4 Å². The molecule has 0 fully saturated rings. The van der Waals surface area contributed by atoms with Gasteiger partial charge in [-0.05, 0) is 39.0 Å². The minimum absolute atomic E-state index is 0.210. The molecule has 162 valence electrons. The summed E-state index contributed by atoms with van der Waals surface area (Å²) < 4.78 is 22.2. The van der Waals surface area contributed by atoms with Gasteiger partial charge in [0.05, 0.1) is 6.54 Å². The topological polar surface area (TPSA) is 75.8 Å². The second-order valence-electron chi connectivity index (χ2n) is 7.49. The predicted molar refractivity (Wildman–Crippen MR) is 119 cm³/mol. The summed E-state index contributed by atoms with van der Waals surface area (Å²) in [5, 5.41) is 0. The van der Waals surface area contributed by atoms with Crippen LogP contribution in [0.2, 0.25) is 0 Å². The van der Waals surface area contributed by atoms with Crippen LogP contribution in [0.5, 0.6) is 0 Å². The second-order valence-corrected chi connectivity index (χ2v) is 7.49. The summed E-state index contributed by atoms with van der Waals surface area (Å²) in [7, 11) is 0. The summed E-state index contributed by atoms with van der Waals surface area (Å²) >= 11 is 0. The number of nitrogens with two attached hydrogens (primary N) is 1.